The van der Waals surface area contributed by atoms with Crippen molar-refractivity contribution in [3.63, 3.8) is 0 Å². The van der Waals surface area contributed by atoms with Crippen molar-refractivity contribution in [3.8, 4) is 33.9 Å². The van der Waals surface area contributed by atoms with Crippen LogP contribution in [0.4, 0.5) is 0 Å². The number of aryl methyl sites for hydroxylation is 1. The summed E-state index contributed by atoms with van der Waals surface area (Å²) in [7, 11) is 2.99. The minimum Gasteiger partial charge on any atom is -0.469 e. The largest absolute Gasteiger partial charge is 0.469 e. The molecule has 0 fully saturated rings. The molecule has 0 aliphatic carbocycles. The summed E-state index contributed by atoms with van der Waals surface area (Å²) in [4.78, 5) is 24.0. The highest BCUT2D eigenvalue weighted by molar-refractivity contribution is 5.83. The van der Waals surface area contributed by atoms with E-state index in [0.717, 1.165) is 16.7 Å². The first-order valence-electron chi connectivity index (χ1n) is 10.1. The molecule has 0 saturated heterocycles. The van der Waals surface area contributed by atoms with Crippen LogP contribution in [0, 0.1) is 0 Å². The fraction of sp³-hybridized carbons (Fsp3) is 0.115. The molecule has 0 bridgehead atoms. The highest BCUT2D eigenvalue weighted by atomic mass is 16.5. The molecular formula is C26H22N2O4. The maximum absolute atomic E-state index is 12.4. The van der Waals surface area contributed by atoms with Gasteiger partial charge in [-0.3, -0.25) is 9.59 Å². The molecule has 1 aromatic heterocycles. The van der Waals surface area contributed by atoms with Gasteiger partial charge in [0.1, 0.15) is 17.2 Å². The Morgan fingerprint density at radius 3 is 2.31 bits per heavy atom. The van der Waals surface area contributed by atoms with Gasteiger partial charge in [-0.05, 0) is 35.4 Å². The molecule has 6 heteroatoms. The van der Waals surface area contributed by atoms with Crippen LogP contribution in [0.5, 0.6) is 11.5 Å². The smallest absolute Gasteiger partial charge is 0.309 e. The number of aromatic nitrogens is 2. The Morgan fingerprint density at radius 2 is 1.59 bits per heavy atom. The fourth-order valence-corrected chi connectivity index (χ4v) is 3.37. The molecule has 0 unspecified atom stereocenters. The molecule has 32 heavy (non-hydrogen) atoms. The lowest BCUT2D eigenvalue weighted by Gasteiger charge is -2.15. The van der Waals surface area contributed by atoms with E-state index in [9.17, 15) is 9.59 Å². The average molecular weight is 426 g/mol. The molecule has 0 N–H and O–H groups in total. The topological polar surface area (TPSA) is 70.4 Å². The van der Waals surface area contributed by atoms with Crippen LogP contribution in [0.25, 0.3) is 22.4 Å². The lowest BCUT2D eigenvalue weighted by molar-refractivity contribution is -0.139. The van der Waals surface area contributed by atoms with E-state index < -0.39 is 0 Å². The Kier molecular flexibility index (Phi) is 6.12. The van der Waals surface area contributed by atoms with Crippen LogP contribution in [-0.2, 0) is 23.0 Å². The first-order chi connectivity index (χ1) is 15.5. The number of benzene rings is 3. The minimum atomic E-state index is -0.305. The Hall–Kier alpha value is -4.19. The van der Waals surface area contributed by atoms with E-state index in [1.165, 1.54) is 11.8 Å². The first-order valence-corrected chi connectivity index (χ1v) is 10.1. The summed E-state index contributed by atoms with van der Waals surface area (Å²) in [5.74, 6) is 1.03. The summed E-state index contributed by atoms with van der Waals surface area (Å²) in [6.45, 7) is 0. The third-order valence-electron chi connectivity index (χ3n) is 5.05. The third kappa shape index (κ3) is 4.59. The molecule has 0 saturated carbocycles. The number of hydrogen-bond acceptors (Lipinski definition) is 5. The minimum absolute atomic E-state index is 0.187. The van der Waals surface area contributed by atoms with Crippen molar-refractivity contribution in [1.82, 2.24) is 9.78 Å². The Bertz CT molecular complexity index is 1300. The number of carbonyl (C=O) groups excluding carboxylic acids is 1. The molecule has 4 rings (SSSR count). The standard InChI is InChI=1S/C26H22N2O4/c1-28-24(29)17-22(19-14-12-18(13-15-19)16-25(30)31-2)26(27-28)21-10-6-7-11-23(21)32-20-8-4-3-5-9-20/h3-15,17H,16H2,1-2H3. The third-order valence-corrected chi connectivity index (χ3v) is 5.05. The van der Waals surface area contributed by atoms with Gasteiger partial charge in [0.25, 0.3) is 5.56 Å². The zero-order valence-corrected chi connectivity index (χ0v) is 17.8. The highest BCUT2D eigenvalue weighted by Gasteiger charge is 2.16. The zero-order chi connectivity index (χ0) is 22.5. The SMILES string of the molecule is COC(=O)Cc1ccc(-c2cc(=O)n(C)nc2-c2ccccc2Oc2ccccc2)cc1. The lowest BCUT2D eigenvalue weighted by Crippen LogP contribution is -2.19. The summed E-state index contributed by atoms with van der Waals surface area (Å²) in [6, 6.07) is 26.1. The van der Waals surface area contributed by atoms with Crippen LogP contribution in [0.3, 0.4) is 0 Å². The van der Waals surface area contributed by atoms with E-state index in [1.807, 2.05) is 78.9 Å². The van der Waals surface area contributed by atoms with E-state index in [1.54, 1.807) is 13.1 Å². The second kappa shape index (κ2) is 9.31. The van der Waals surface area contributed by atoms with Crippen molar-refractivity contribution < 1.29 is 14.3 Å². The van der Waals surface area contributed by atoms with Gasteiger partial charge in [0.15, 0.2) is 0 Å². The van der Waals surface area contributed by atoms with E-state index in [2.05, 4.69) is 5.10 Å². The average Bonchev–Trinajstić information content (AvgIpc) is 2.82. The van der Waals surface area contributed by atoms with Crippen LogP contribution in [0.1, 0.15) is 5.56 Å². The predicted octanol–water partition coefficient (Wildman–Crippen LogP) is 4.62. The van der Waals surface area contributed by atoms with Crippen LogP contribution >= 0.6 is 0 Å². The molecular weight excluding hydrogens is 404 g/mol. The summed E-state index contributed by atoms with van der Waals surface area (Å²) in [6.07, 6.45) is 0.187. The second-order valence-electron chi connectivity index (χ2n) is 7.23. The monoisotopic (exact) mass is 426 g/mol. The maximum Gasteiger partial charge on any atom is 0.309 e. The number of ether oxygens (including phenoxy) is 2. The van der Waals surface area contributed by atoms with Crippen molar-refractivity contribution in [1.29, 1.82) is 0 Å². The molecule has 0 amide bonds. The van der Waals surface area contributed by atoms with Gasteiger partial charge < -0.3 is 9.47 Å². The molecule has 1 heterocycles. The second-order valence-corrected chi connectivity index (χ2v) is 7.23. The molecule has 4 aromatic rings. The Morgan fingerprint density at radius 1 is 0.906 bits per heavy atom. The molecule has 160 valence electrons. The first kappa shape index (κ1) is 21.1. The number of hydrogen-bond donors (Lipinski definition) is 0. The van der Waals surface area contributed by atoms with Gasteiger partial charge in [-0.15, -0.1) is 0 Å². The van der Waals surface area contributed by atoms with Gasteiger partial charge in [-0.2, -0.15) is 5.10 Å². The van der Waals surface area contributed by atoms with Gasteiger partial charge in [-0.25, -0.2) is 4.68 Å². The van der Waals surface area contributed by atoms with E-state index in [0.29, 0.717) is 22.8 Å². The fourth-order valence-electron chi connectivity index (χ4n) is 3.37. The molecule has 0 aliphatic rings. The molecule has 0 spiro atoms. The van der Waals surface area contributed by atoms with E-state index in [-0.39, 0.29) is 17.9 Å². The van der Waals surface area contributed by atoms with Gasteiger partial charge in [0, 0.05) is 24.2 Å². The zero-order valence-electron chi connectivity index (χ0n) is 17.8. The number of carbonyl (C=O) groups is 1. The maximum atomic E-state index is 12.4. The van der Waals surface area contributed by atoms with E-state index >= 15 is 0 Å². The van der Waals surface area contributed by atoms with Crippen molar-refractivity contribution in [2.45, 2.75) is 6.42 Å². The van der Waals surface area contributed by atoms with Crippen molar-refractivity contribution in [2.24, 2.45) is 7.05 Å². The van der Waals surface area contributed by atoms with Gasteiger partial charge in [0.05, 0.1) is 13.5 Å². The number of nitrogens with zero attached hydrogens (tertiary/aromatic N) is 2. The van der Waals surface area contributed by atoms with Crippen LogP contribution in [0.15, 0.2) is 89.7 Å². The molecule has 0 atom stereocenters. The number of methoxy groups -OCH3 is 1. The summed E-state index contributed by atoms with van der Waals surface area (Å²) in [5, 5.41) is 4.56. The van der Waals surface area contributed by atoms with Crippen LogP contribution < -0.4 is 10.3 Å². The molecule has 3 aromatic carbocycles. The Labute approximate surface area is 185 Å². The highest BCUT2D eigenvalue weighted by Crippen LogP contribution is 2.37. The summed E-state index contributed by atoms with van der Waals surface area (Å²) < 4.78 is 12.2. The van der Waals surface area contributed by atoms with Crippen molar-refractivity contribution in [2.75, 3.05) is 7.11 Å². The number of para-hydroxylation sites is 2. The van der Waals surface area contributed by atoms with Crippen LogP contribution in [0.2, 0.25) is 0 Å². The van der Waals surface area contributed by atoms with Gasteiger partial charge in [0.2, 0.25) is 0 Å². The summed E-state index contributed by atoms with van der Waals surface area (Å²) in [5.41, 5.74) is 3.49. The molecule has 6 nitrogen and oxygen atoms in total. The lowest BCUT2D eigenvalue weighted by atomic mass is 9.98. The normalized spacial score (nSPS) is 10.6. The molecule has 0 radical (unpaired) electrons. The van der Waals surface area contributed by atoms with Crippen molar-refractivity contribution in [3.05, 3.63) is 101 Å². The van der Waals surface area contributed by atoms with Crippen LogP contribution in [-0.4, -0.2) is 22.9 Å². The Balaban J connectivity index is 1.79. The number of esters is 1. The van der Waals surface area contributed by atoms with Gasteiger partial charge >= 0.3 is 5.97 Å². The quantitative estimate of drug-likeness (QED) is 0.421. The summed E-state index contributed by atoms with van der Waals surface area (Å²) >= 11 is 0. The van der Waals surface area contributed by atoms with Gasteiger partial charge in [-0.1, -0.05) is 54.6 Å². The van der Waals surface area contributed by atoms with E-state index in [4.69, 9.17) is 9.47 Å². The van der Waals surface area contributed by atoms with Crippen molar-refractivity contribution >= 4 is 5.97 Å². The molecule has 0 aliphatic heterocycles. The predicted molar refractivity (Wildman–Crippen MR) is 123 cm³/mol. The number of rotatable bonds is 6.